The summed E-state index contributed by atoms with van der Waals surface area (Å²) in [4.78, 5) is 25.1. The van der Waals surface area contributed by atoms with Gasteiger partial charge in [0.05, 0.1) is 35.8 Å². The van der Waals surface area contributed by atoms with E-state index in [1.54, 1.807) is 11.1 Å². The Hall–Kier alpha value is -3.01. The van der Waals surface area contributed by atoms with Crippen molar-refractivity contribution in [1.82, 2.24) is 24.6 Å². The highest BCUT2D eigenvalue weighted by molar-refractivity contribution is 6.32. The molecule has 9 nitrogen and oxygen atoms in total. The Bertz CT molecular complexity index is 1130. The molecule has 1 amide bonds. The standard InChI is InChI=1S/C23H26ClN7O2/c1-29-8-6-19(7-9-29)31-14-16(12-26-31)22-20(24)13-25-23(28-22)27-17-2-4-18(5-3-17)30-10-11-33-15-21(30)32/h2-5,12-14,19H,6-11,15H2,1H3,(H,25,27,28). The average molecular weight is 468 g/mol. The Balaban J connectivity index is 1.30. The van der Waals surface area contributed by atoms with E-state index in [-0.39, 0.29) is 12.5 Å². The largest absolute Gasteiger partial charge is 0.370 e. The van der Waals surface area contributed by atoms with Crippen LogP contribution in [-0.2, 0) is 9.53 Å². The molecule has 0 atom stereocenters. The summed E-state index contributed by atoms with van der Waals surface area (Å²) in [5, 5.41) is 8.27. The van der Waals surface area contributed by atoms with E-state index >= 15 is 0 Å². The first-order valence-corrected chi connectivity index (χ1v) is 11.5. The van der Waals surface area contributed by atoms with Crippen LogP contribution in [0.2, 0.25) is 5.02 Å². The van der Waals surface area contributed by atoms with Crippen LogP contribution in [0.5, 0.6) is 0 Å². The molecule has 0 saturated carbocycles. The van der Waals surface area contributed by atoms with Gasteiger partial charge in [0.1, 0.15) is 6.61 Å². The Morgan fingerprint density at radius 2 is 1.91 bits per heavy atom. The van der Waals surface area contributed by atoms with Crippen LogP contribution in [0.1, 0.15) is 18.9 Å². The molecular formula is C23H26ClN7O2. The number of carbonyl (C=O) groups excluding carboxylic acids is 1. The number of anilines is 3. The van der Waals surface area contributed by atoms with Gasteiger partial charge in [0, 0.05) is 29.7 Å². The first-order chi connectivity index (χ1) is 16.1. The van der Waals surface area contributed by atoms with E-state index in [2.05, 4.69) is 32.3 Å². The number of ether oxygens (including phenoxy) is 1. The molecular weight excluding hydrogens is 442 g/mol. The lowest BCUT2D eigenvalue weighted by molar-refractivity contribution is -0.125. The van der Waals surface area contributed by atoms with Crippen molar-refractivity contribution in [1.29, 1.82) is 0 Å². The summed E-state index contributed by atoms with van der Waals surface area (Å²) in [5.74, 6) is 0.407. The van der Waals surface area contributed by atoms with Gasteiger partial charge in [-0.3, -0.25) is 9.48 Å². The number of morpholine rings is 1. The fourth-order valence-corrected chi connectivity index (χ4v) is 4.39. The van der Waals surface area contributed by atoms with Crippen molar-refractivity contribution < 1.29 is 9.53 Å². The number of likely N-dealkylation sites (tertiary alicyclic amines) is 1. The van der Waals surface area contributed by atoms with Crippen LogP contribution < -0.4 is 10.2 Å². The highest BCUT2D eigenvalue weighted by atomic mass is 35.5. The van der Waals surface area contributed by atoms with E-state index in [1.807, 2.05) is 41.3 Å². The van der Waals surface area contributed by atoms with Crippen molar-refractivity contribution in [3.63, 3.8) is 0 Å². The van der Waals surface area contributed by atoms with E-state index in [4.69, 9.17) is 16.3 Å². The average Bonchev–Trinajstić information content (AvgIpc) is 3.32. The molecule has 0 aliphatic carbocycles. The Kier molecular flexibility index (Phi) is 6.26. The van der Waals surface area contributed by atoms with Gasteiger partial charge in [-0.05, 0) is 57.2 Å². The molecule has 2 aliphatic heterocycles. The number of benzene rings is 1. The van der Waals surface area contributed by atoms with Gasteiger partial charge in [0.2, 0.25) is 5.95 Å². The molecule has 2 saturated heterocycles. The quantitative estimate of drug-likeness (QED) is 0.615. The molecule has 3 aromatic rings. The van der Waals surface area contributed by atoms with E-state index in [0.717, 1.165) is 42.9 Å². The SMILES string of the molecule is CN1CCC(n2cc(-c3nc(Nc4ccc(N5CCOCC5=O)cc4)ncc3Cl)cn2)CC1. The molecule has 2 aromatic heterocycles. The molecule has 172 valence electrons. The summed E-state index contributed by atoms with van der Waals surface area (Å²) >= 11 is 6.42. The number of hydrogen-bond acceptors (Lipinski definition) is 7. The number of hydrogen-bond donors (Lipinski definition) is 1. The minimum atomic E-state index is -0.0339. The Morgan fingerprint density at radius 1 is 1.12 bits per heavy atom. The number of amides is 1. The predicted octanol–water partition coefficient (Wildman–Crippen LogP) is 3.37. The summed E-state index contributed by atoms with van der Waals surface area (Å²) in [5.41, 5.74) is 3.16. The molecule has 0 spiro atoms. The number of rotatable bonds is 5. The van der Waals surface area contributed by atoms with Crippen molar-refractivity contribution in [3.05, 3.63) is 47.9 Å². The van der Waals surface area contributed by atoms with Crippen molar-refractivity contribution >= 4 is 34.8 Å². The lowest BCUT2D eigenvalue weighted by Crippen LogP contribution is -2.41. The molecule has 5 rings (SSSR count). The van der Waals surface area contributed by atoms with Crippen molar-refractivity contribution in [2.45, 2.75) is 18.9 Å². The summed E-state index contributed by atoms with van der Waals surface area (Å²) in [6.45, 7) is 3.36. The smallest absolute Gasteiger partial charge is 0.253 e. The Labute approximate surface area is 197 Å². The lowest BCUT2D eigenvalue weighted by atomic mass is 10.1. The van der Waals surface area contributed by atoms with Crippen molar-refractivity contribution in [2.24, 2.45) is 0 Å². The molecule has 10 heteroatoms. The number of carbonyl (C=O) groups is 1. The van der Waals surface area contributed by atoms with Gasteiger partial charge < -0.3 is 19.9 Å². The molecule has 33 heavy (non-hydrogen) atoms. The van der Waals surface area contributed by atoms with Crippen LogP contribution in [0.25, 0.3) is 11.3 Å². The second-order valence-corrected chi connectivity index (χ2v) is 8.81. The van der Waals surface area contributed by atoms with Gasteiger partial charge in [0.25, 0.3) is 5.91 Å². The minimum absolute atomic E-state index is 0.0339. The fourth-order valence-electron chi connectivity index (χ4n) is 4.19. The maximum atomic E-state index is 12.0. The second kappa shape index (κ2) is 9.46. The third-order valence-corrected chi connectivity index (χ3v) is 6.38. The highest BCUT2D eigenvalue weighted by Crippen LogP contribution is 2.29. The van der Waals surface area contributed by atoms with Gasteiger partial charge in [-0.25, -0.2) is 9.97 Å². The van der Waals surface area contributed by atoms with Crippen LogP contribution in [-0.4, -0.2) is 70.5 Å². The molecule has 2 fully saturated rings. The third-order valence-electron chi connectivity index (χ3n) is 6.10. The van der Waals surface area contributed by atoms with E-state index in [1.165, 1.54) is 0 Å². The van der Waals surface area contributed by atoms with Crippen molar-refractivity contribution in [2.75, 3.05) is 50.1 Å². The number of nitrogens with one attached hydrogen (secondary N) is 1. The second-order valence-electron chi connectivity index (χ2n) is 8.40. The molecule has 1 N–H and O–H groups in total. The third kappa shape index (κ3) is 4.85. The maximum absolute atomic E-state index is 12.0. The molecule has 2 aliphatic rings. The van der Waals surface area contributed by atoms with Gasteiger partial charge in [-0.15, -0.1) is 0 Å². The minimum Gasteiger partial charge on any atom is -0.370 e. The molecule has 0 unspecified atom stereocenters. The van der Waals surface area contributed by atoms with Crippen LogP contribution in [0.3, 0.4) is 0 Å². The maximum Gasteiger partial charge on any atom is 0.253 e. The van der Waals surface area contributed by atoms with Gasteiger partial charge in [-0.1, -0.05) is 11.6 Å². The number of nitrogens with zero attached hydrogens (tertiary/aromatic N) is 6. The predicted molar refractivity (Wildman–Crippen MR) is 127 cm³/mol. The summed E-state index contributed by atoms with van der Waals surface area (Å²) in [6, 6.07) is 7.98. The number of halogens is 1. The fraction of sp³-hybridized carbons (Fsp3) is 0.391. The topological polar surface area (TPSA) is 88.4 Å². The van der Waals surface area contributed by atoms with E-state index in [0.29, 0.717) is 35.9 Å². The van der Waals surface area contributed by atoms with Crippen LogP contribution in [0.4, 0.5) is 17.3 Å². The molecule has 1 aromatic carbocycles. The van der Waals surface area contributed by atoms with Crippen LogP contribution >= 0.6 is 11.6 Å². The number of piperidine rings is 1. The normalized spacial score (nSPS) is 18.0. The van der Waals surface area contributed by atoms with E-state index < -0.39 is 0 Å². The van der Waals surface area contributed by atoms with Gasteiger partial charge in [-0.2, -0.15) is 5.10 Å². The van der Waals surface area contributed by atoms with Gasteiger partial charge >= 0.3 is 0 Å². The summed E-state index contributed by atoms with van der Waals surface area (Å²) in [7, 11) is 2.15. The zero-order valence-corrected chi connectivity index (χ0v) is 19.2. The Morgan fingerprint density at radius 3 is 2.67 bits per heavy atom. The first-order valence-electron chi connectivity index (χ1n) is 11.1. The molecule has 0 bridgehead atoms. The van der Waals surface area contributed by atoms with Crippen LogP contribution in [0.15, 0.2) is 42.9 Å². The lowest BCUT2D eigenvalue weighted by Gasteiger charge is -2.28. The van der Waals surface area contributed by atoms with Crippen LogP contribution in [0, 0.1) is 0 Å². The monoisotopic (exact) mass is 467 g/mol. The summed E-state index contributed by atoms with van der Waals surface area (Å²) in [6.07, 6.45) is 7.58. The van der Waals surface area contributed by atoms with E-state index in [9.17, 15) is 4.79 Å². The van der Waals surface area contributed by atoms with Gasteiger partial charge in [0.15, 0.2) is 0 Å². The van der Waals surface area contributed by atoms with Crippen molar-refractivity contribution in [3.8, 4) is 11.3 Å². The highest BCUT2D eigenvalue weighted by Gasteiger charge is 2.21. The molecule has 0 radical (unpaired) electrons. The summed E-state index contributed by atoms with van der Waals surface area (Å²) < 4.78 is 7.22. The zero-order valence-electron chi connectivity index (χ0n) is 18.4. The number of aromatic nitrogens is 4. The zero-order chi connectivity index (χ0) is 22.8. The molecule has 4 heterocycles. The first kappa shape index (κ1) is 21.8.